The van der Waals surface area contributed by atoms with Crippen molar-refractivity contribution < 1.29 is 45.6 Å². The standard InChI is InChI=1S/C8H12.C7H16N2.CHF3O3S.Rh/c1-2-4-6-8-7-5-3-1;1-2-9-5-3-4-7(9)6-8;2-1(3,4)8(5,6)7;/h1-2,7-8H,3-6H2;7H,2-6,8H2,1H3;(H,5,6,7);/p-1/t;7-;;/m.0../s1. The normalized spacial score (nSPS) is 21.8. The van der Waals surface area contributed by atoms with Crippen LogP contribution in [0, 0.1) is 25.7 Å². The van der Waals surface area contributed by atoms with Crippen LogP contribution in [-0.4, -0.2) is 49.1 Å². The van der Waals surface area contributed by atoms with Gasteiger partial charge >= 0.3 is 5.51 Å². The Bertz CT molecular complexity index is 403. The summed E-state index contributed by atoms with van der Waals surface area (Å²) < 4.78 is 58.9. The van der Waals surface area contributed by atoms with Gasteiger partial charge in [0.25, 0.3) is 0 Å². The summed E-state index contributed by atoms with van der Waals surface area (Å²) in [5, 5.41) is 0. The van der Waals surface area contributed by atoms with E-state index in [9.17, 15) is 13.2 Å². The molecule has 157 valence electrons. The minimum Gasteiger partial charge on any atom is -0.741 e. The summed E-state index contributed by atoms with van der Waals surface area (Å²) in [5.41, 5.74) is -0.0877. The van der Waals surface area contributed by atoms with Gasteiger partial charge in [0, 0.05) is 32.1 Å². The Hall–Kier alpha value is 0.243. The Labute approximate surface area is 168 Å². The summed E-state index contributed by atoms with van der Waals surface area (Å²) >= 11 is 0. The van der Waals surface area contributed by atoms with Gasteiger partial charge in [0.1, 0.15) is 0 Å². The van der Waals surface area contributed by atoms with E-state index in [-0.39, 0.29) is 19.5 Å². The van der Waals surface area contributed by atoms with E-state index in [0.29, 0.717) is 6.04 Å². The van der Waals surface area contributed by atoms with Crippen LogP contribution in [0.4, 0.5) is 13.2 Å². The molecule has 1 aliphatic carbocycles. The first-order chi connectivity index (χ1) is 11.6. The van der Waals surface area contributed by atoms with Crippen LogP contribution in [0.5, 0.6) is 0 Å². The van der Waals surface area contributed by atoms with Gasteiger partial charge in [-0.1, -0.05) is 6.92 Å². The van der Waals surface area contributed by atoms with Gasteiger partial charge in [0.15, 0.2) is 10.1 Å². The number of likely N-dealkylation sites (N-methyl/N-ethyl adjacent to an activating group) is 1. The van der Waals surface area contributed by atoms with Gasteiger partial charge in [0.2, 0.25) is 0 Å². The number of halogens is 3. The molecule has 2 aliphatic rings. The maximum Gasteiger partial charge on any atom is 0.485 e. The topological polar surface area (TPSA) is 86.5 Å². The van der Waals surface area contributed by atoms with E-state index in [4.69, 9.17) is 18.7 Å². The molecule has 0 bridgehead atoms. The summed E-state index contributed by atoms with van der Waals surface area (Å²) in [6, 6.07) is 0.690. The minimum atomic E-state index is -6.09. The summed E-state index contributed by atoms with van der Waals surface area (Å²) in [5.74, 6) is 0. The van der Waals surface area contributed by atoms with Gasteiger partial charge in [-0.3, -0.25) is 4.90 Å². The molecule has 1 atom stereocenters. The monoisotopic (exact) mass is 488 g/mol. The molecule has 0 aromatic carbocycles. The summed E-state index contributed by atoms with van der Waals surface area (Å²) in [6.07, 6.45) is 16.7. The molecule has 0 aromatic heterocycles. The maximum atomic E-state index is 10.7. The molecule has 2 fully saturated rings. The predicted octanol–water partition coefficient (Wildman–Crippen LogP) is 2.86. The molecule has 5 nitrogen and oxygen atoms in total. The largest absolute Gasteiger partial charge is 0.741 e. The second-order valence-electron chi connectivity index (χ2n) is 5.66. The number of hydrogen-bond donors (Lipinski definition) is 1. The van der Waals surface area contributed by atoms with Crippen molar-refractivity contribution in [3.05, 3.63) is 25.7 Å². The van der Waals surface area contributed by atoms with Crippen molar-refractivity contribution in [3.63, 3.8) is 0 Å². The molecule has 1 saturated heterocycles. The molecular formula is C16H28F3N2O3RhS-. The third-order valence-electron chi connectivity index (χ3n) is 3.79. The smallest absolute Gasteiger partial charge is 0.485 e. The SMILES string of the molecule is CCN1CCC[C@H]1CN.O=S(=O)([O-])C(F)(F)F.[CH]1[CH]CC[CH][CH]CC1.[Rh]. The van der Waals surface area contributed by atoms with Crippen molar-refractivity contribution in [2.75, 3.05) is 19.6 Å². The summed E-state index contributed by atoms with van der Waals surface area (Å²) in [4.78, 5) is 2.46. The molecule has 1 aliphatic heterocycles. The average molecular weight is 488 g/mol. The number of likely N-dealkylation sites (tertiary alicyclic amines) is 1. The van der Waals surface area contributed by atoms with Crippen LogP contribution >= 0.6 is 0 Å². The van der Waals surface area contributed by atoms with E-state index in [1.807, 2.05) is 0 Å². The molecule has 1 heterocycles. The first kappa shape index (κ1) is 28.5. The van der Waals surface area contributed by atoms with Crippen molar-refractivity contribution in [1.29, 1.82) is 0 Å². The van der Waals surface area contributed by atoms with Crippen molar-refractivity contribution in [1.82, 2.24) is 4.90 Å². The first-order valence-corrected chi connectivity index (χ1v) is 9.80. The molecule has 2 rings (SSSR count). The summed E-state index contributed by atoms with van der Waals surface area (Å²) in [6.45, 7) is 5.47. The van der Waals surface area contributed by atoms with Crippen LogP contribution in [0.15, 0.2) is 0 Å². The molecule has 10 heteroatoms. The van der Waals surface area contributed by atoms with Crippen molar-refractivity contribution in [2.24, 2.45) is 5.73 Å². The average Bonchev–Trinajstić information content (AvgIpc) is 2.93. The van der Waals surface area contributed by atoms with E-state index in [1.54, 1.807) is 0 Å². The van der Waals surface area contributed by atoms with Crippen molar-refractivity contribution in [3.8, 4) is 0 Å². The molecule has 2 N–H and O–H groups in total. The first-order valence-electron chi connectivity index (χ1n) is 8.39. The fraction of sp³-hybridized carbons (Fsp3) is 0.750. The van der Waals surface area contributed by atoms with Crippen molar-refractivity contribution in [2.45, 2.75) is 57.0 Å². The van der Waals surface area contributed by atoms with Gasteiger partial charge in [-0.15, -0.1) is 0 Å². The minimum absolute atomic E-state index is 0. The van der Waals surface area contributed by atoms with E-state index in [1.165, 1.54) is 51.6 Å². The number of hydrogen-bond acceptors (Lipinski definition) is 5. The molecule has 0 unspecified atom stereocenters. The molecule has 5 radical (unpaired) electrons. The Morgan fingerprint density at radius 2 is 1.50 bits per heavy atom. The summed E-state index contributed by atoms with van der Waals surface area (Å²) in [7, 11) is -6.09. The van der Waals surface area contributed by atoms with Gasteiger partial charge in [-0.25, -0.2) is 8.42 Å². The number of alkyl halides is 3. The fourth-order valence-corrected chi connectivity index (χ4v) is 2.43. The Morgan fingerprint density at radius 3 is 1.73 bits per heavy atom. The van der Waals surface area contributed by atoms with Gasteiger partial charge < -0.3 is 10.3 Å². The zero-order valence-electron chi connectivity index (χ0n) is 14.9. The third kappa shape index (κ3) is 13.4. The number of nitrogens with zero attached hydrogens (tertiary/aromatic N) is 1. The number of nitrogens with two attached hydrogens (primary N) is 1. The Kier molecular flexibility index (Phi) is 16.6. The molecule has 0 amide bonds. The molecule has 0 spiro atoms. The van der Waals surface area contributed by atoms with Crippen LogP contribution in [0.25, 0.3) is 0 Å². The second-order valence-corrected chi connectivity index (χ2v) is 7.03. The van der Waals surface area contributed by atoms with Gasteiger partial charge in [-0.05, 0) is 77.3 Å². The fourth-order valence-electron chi connectivity index (χ4n) is 2.43. The second kappa shape index (κ2) is 15.2. The number of rotatable bonds is 2. The zero-order chi connectivity index (χ0) is 19.3. The zero-order valence-corrected chi connectivity index (χ0v) is 17.3. The molecule has 26 heavy (non-hydrogen) atoms. The van der Waals surface area contributed by atoms with Crippen LogP contribution < -0.4 is 5.73 Å². The predicted molar refractivity (Wildman–Crippen MR) is 90.7 cm³/mol. The van der Waals surface area contributed by atoms with E-state index in [2.05, 4.69) is 37.5 Å². The maximum absolute atomic E-state index is 10.7. The van der Waals surface area contributed by atoms with Crippen LogP contribution in [0.2, 0.25) is 0 Å². The molecular weight excluding hydrogens is 460 g/mol. The third-order valence-corrected chi connectivity index (χ3v) is 4.36. The van der Waals surface area contributed by atoms with Crippen molar-refractivity contribution >= 4 is 10.1 Å². The van der Waals surface area contributed by atoms with Gasteiger partial charge in [0.05, 0.1) is 0 Å². The van der Waals surface area contributed by atoms with Crippen LogP contribution in [-0.2, 0) is 29.6 Å². The molecule has 1 saturated carbocycles. The van der Waals surface area contributed by atoms with E-state index in [0.717, 1.165) is 6.54 Å². The Balaban J connectivity index is 0. The van der Waals surface area contributed by atoms with Crippen LogP contribution in [0.3, 0.4) is 0 Å². The van der Waals surface area contributed by atoms with Crippen LogP contribution in [0.1, 0.15) is 45.4 Å². The van der Waals surface area contributed by atoms with Gasteiger partial charge in [-0.2, -0.15) is 13.2 Å². The van der Waals surface area contributed by atoms with E-state index >= 15 is 0 Å². The Morgan fingerprint density at radius 1 is 1.12 bits per heavy atom. The van der Waals surface area contributed by atoms with E-state index < -0.39 is 15.6 Å². The molecule has 0 aromatic rings. The quantitative estimate of drug-likeness (QED) is 0.367.